The minimum Gasteiger partial charge on any atom is -0.504 e. The summed E-state index contributed by atoms with van der Waals surface area (Å²) in [6, 6.07) is 2.90. The Balaban J connectivity index is 1.88. The fourth-order valence-electron chi connectivity index (χ4n) is 8.01. The third-order valence-electron chi connectivity index (χ3n) is 9.99. The summed E-state index contributed by atoms with van der Waals surface area (Å²) in [6.07, 6.45) is 3.07. The lowest BCUT2D eigenvalue weighted by Gasteiger charge is -2.26. The van der Waals surface area contributed by atoms with Gasteiger partial charge in [-0.2, -0.15) is 0 Å². The predicted molar refractivity (Wildman–Crippen MR) is 195 cm³/mol. The molecule has 0 amide bonds. The summed E-state index contributed by atoms with van der Waals surface area (Å²) in [5.74, 6) is -2.68. The van der Waals surface area contributed by atoms with Crippen LogP contribution in [0.15, 0.2) is 27.3 Å². The number of carbonyl (C=O) groups is 2. The molecule has 12 heteroatoms. The van der Waals surface area contributed by atoms with Gasteiger partial charge in [-0.05, 0) is 89.9 Å². The number of methoxy groups -OCH3 is 1. The van der Waals surface area contributed by atoms with E-state index in [4.69, 9.17) is 14.6 Å². The number of aliphatic hydroxyl groups is 3. The van der Waals surface area contributed by atoms with Crippen molar-refractivity contribution < 1.29 is 44.6 Å². The zero-order chi connectivity index (χ0) is 36.7. The predicted octanol–water partition coefficient (Wildman–Crippen LogP) is 4.29. The molecule has 0 aromatic heterocycles. The van der Waals surface area contributed by atoms with Crippen molar-refractivity contribution in [3.8, 4) is 11.5 Å². The van der Waals surface area contributed by atoms with Crippen LogP contribution in [0.2, 0.25) is 0 Å². The molecule has 0 saturated heterocycles. The number of hydrogen-bond acceptors (Lipinski definition) is 11. The number of aliphatic hydroxyl groups excluding tert-OH is 3. The molecule has 5 aromatic rings. The summed E-state index contributed by atoms with van der Waals surface area (Å²) in [5.41, 5.74) is 1.91. The summed E-state index contributed by atoms with van der Waals surface area (Å²) in [7, 11) is 1.34. The van der Waals surface area contributed by atoms with Crippen molar-refractivity contribution in [1.29, 1.82) is 0 Å². The number of benzene rings is 5. The molecule has 1 aliphatic rings. The molecule has 6 rings (SSSR count). The number of unbranched alkanes of at least 4 members (excludes halogenated alkanes) is 1. The van der Waals surface area contributed by atoms with Crippen molar-refractivity contribution in [3.63, 3.8) is 0 Å². The van der Waals surface area contributed by atoms with E-state index < -0.39 is 36.3 Å². The third-order valence-corrected chi connectivity index (χ3v) is 9.99. The lowest BCUT2D eigenvalue weighted by molar-refractivity contribution is -0.137. The van der Waals surface area contributed by atoms with Gasteiger partial charge in [0, 0.05) is 53.8 Å². The van der Waals surface area contributed by atoms with Gasteiger partial charge in [0.15, 0.2) is 22.4 Å². The molecule has 1 aliphatic carbocycles. The SMILES string of the molecule is COc1c(O)c2c(=O)cc(CO)c3c4c(CO)cc(NCCOCCCO)c5c(=O)c(CCCCC(=O)O)c6c(c(c1C(C(C)=O)C(C)=C6)c23)c54. The number of hydrogen-bond donors (Lipinski definition) is 6. The van der Waals surface area contributed by atoms with Crippen LogP contribution in [-0.4, -0.2) is 70.8 Å². The maximum atomic E-state index is 14.9. The Bertz CT molecular complexity index is 2350. The van der Waals surface area contributed by atoms with E-state index in [1.807, 2.05) is 0 Å². The molecule has 1 unspecified atom stereocenters. The molecule has 0 radical (unpaired) electrons. The number of phenolic OH excluding ortho intramolecular Hbond substituents is 1. The van der Waals surface area contributed by atoms with Crippen LogP contribution in [0, 0.1) is 0 Å². The van der Waals surface area contributed by atoms with Crippen LogP contribution in [0.3, 0.4) is 0 Å². The summed E-state index contributed by atoms with van der Waals surface area (Å²) >= 11 is 0. The van der Waals surface area contributed by atoms with E-state index in [0.717, 1.165) is 0 Å². The number of aromatic hydroxyl groups is 1. The molecule has 0 saturated carbocycles. The van der Waals surface area contributed by atoms with Crippen LogP contribution in [0.5, 0.6) is 11.5 Å². The molecule has 0 spiro atoms. The zero-order valence-corrected chi connectivity index (χ0v) is 28.8. The van der Waals surface area contributed by atoms with Crippen molar-refractivity contribution in [2.75, 3.05) is 38.8 Å². The molecular weight excluding hydrogens is 658 g/mol. The highest BCUT2D eigenvalue weighted by Crippen LogP contribution is 2.55. The second-order valence-electron chi connectivity index (χ2n) is 13.1. The Kier molecular flexibility index (Phi) is 10.1. The van der Waals surface area contributed by atoms with Gasteiger partial charge in [0.25, 0.3) is 0 Å². The lowest BCUT2D eigenvalue weighted by atomic mass is 9.78. The Hall–Kier alpha value is -4.88. The highest BCUT2D eigenvalue weighted by atomic mass is 16.5. The maximum Gasteiger partial charge on any atom is 0.303 e. The van der Waals surface area contributed by atoms with Gasteiger partial charge in [-0.15, -0.1) is 0 Å². The van der Waals surface area contributed by atoms with E-state index in [1.54, 1.807) is 19.1 Å². The van der Waals surface area contributed by atoms with Crippen LogP contribution in [0.4, 0.5) is 5.69 Å². The fraction of sp³-hybridized carbons (Fsp3) is 0.385. The van der Waals surface area contributed by atoms with E-state index in [9.17, 15) is 39.6 Å². The first-order valence-corrected chi connectivity index (χ1v) is 17.0. The van der Waals surface area contributed by atoms with Gasteiger partial charge in [-0.25, -0.2) is 0 Å². The number of fused-ring (bicyclic) bond motifs is 1. The molecule has 0 aliphatic heterocycles. The van der Waals surface area contributed by atoms with Crippen LogP contribution in [0.25, 0.3) is 49.2 Å². The highest BCUT2D eigenvalue weighted by Gasteiger charge is 2.36. The third kappa shape index (κ3) is 5.81. The van der Waals surface area contributed by atoms with Crippen LogP contribution >= 0.6 is 0 Å². The largest absolute Gasteiger partial charge is 0.504 e. The Morgan fingerprint density at radius 1 is 0.863 bits per heavy atom. The Morgan fingerprint density at radius 3 is 2.18 bits per heavy atom. The number of phenols is 1. The van der Waals surface area contributed by atoms with E-state index in [2.05, 4.69) is 5.32 Å². The average Bonchev–Trinajstić information content (AvgIpc) is 3.22. The van der Waals surface area contributed by atoms with Crippen molar-refractivity contribution in [2.45, 2.75) is 65.1 Å². The van der Waals surface area contributed by atoms with Crippen molar-refractivity contribution in [1.82, 2.24) is 0 Å². The summed E-state index contributed by atoms with van der Waals surface area (Å²) in [5, 5.41) is 57.7. The van der Waals surface area contributed by atoms with Gasteiger partial charge >= 0.3 is 5.97 Å². The summed E-state index contributed by atoms with van der Waals surface area (Å²) in [6.45, 7) is 2.99. The highest BCUT2D eigenvalue weighted by molar-refractivity contribution is 6.39. The first-order valence-electron chi connectivity index (χ1n) is 17.0. The molecule has 0 fully saturated rings. The number of carbonyl (C=O) groups excluding carboxylic acids is 1. The van der Waals surface area contributed by atoms with Crippen molar-refractivity contribution in [2.24, 2.45) is 0 Å². The first-order chi connectivity index (χ1) is 24.5. The fourth-order valence-corrected chi connectivity index (χ4v) is 8.01. The quantitative estimate of drug-likeness (QED) is 0.0486. The molecule has 51 heavy (non-hydrogen) atoms. The monoisotopic (exact) mass is 699 g/mol. The topological polar surface area (TPSA) is 200 Å². The van der Waals surface area contributed by atoms with E-state index in [1.165, 1.54) is 20.1 Å². The van der Waals surface area contributed by atoms with E-state index in [-0.39, 0.29) is 71.3 Å². The number of nitrogens with one attached hydrogen (secondary N) is 1. The van der Waals surface area contributed by atoms with Gasteiger partial charge in [0.2, 0.25) is 0 Å². The maximum absolute atomic E-state index is 14.9. The standard InChI is InChI=1S/C39H41NO11/c1-18-13-23-22(7-4-5-8-26(46)47)37(48)31-24(40-9-12-51-11-6-10-41)14-20(16-42)28-29-21(17-43)15-25(45)32-34(29)35(30(23)33(28)31)36(27(18)19(2)44)39(50-3)38(32)49/h13-15,27,40-43,49H,4-12,16-17H2,1-3H3,(H,46,47). The minimum absolute atomic E-state index is 0.0138. The number of ketones is 1. The Morgan fingerprint density at radius 2 is 1.55 bits per heavy atom. The van der Waals surface area contributed by atoms with Crippen LogP contribution < -0.4 is 20.9 Å². The molecule has 268 valence electrons. The smallest absolute Gasteiger partial charge is 0.303 e. The number of Topliss-reactive ketones (excluding diaryl/α,β-unsaturated/α-hetero) is 1. The molecule has 0 bridgehead atoms. The first kappa shape index (κ1) is 35.9. The van der Waals surface area contributed by atoms with Gasteiger partial charge in [-0.3, -0.25) is 19.2 Å². The van der Waals surface area contributed by atoms with Gasteiger partial charge in [0.1, 0.15) is 5.78 Å². The van der Waals surface area contributed by atoms with Crippen molar-refractivity contribution >= 4 is 66.6 Å². The Labute approximate surface area is 292 Å². The molecule has 12 nitrogen and oxygen atoms in total. The van der Waals surface area contributed by atoms with Crippen LogP contribution in [-0.2, 0) is 34.0 Å². The number of carboxylic acid groups (broad SMARTS) is 1. The van der Waals surface area contributed by atoms with Gasteiger partial charge in [0.05, 0.1) is 43.6 Å². The van der Waals surface area contributed by atoms with Crippen LogP contribution in [0.1, 0.15) is 73.3 Å². The zero-order valence-electron chi connectivity index (χ0n) is 28.8. The molecular formula is C39H41NO11. The van der Waals surface area contributed by atoms with E-state index >= 15 is 0 Å². The summed E-state index contributed by atoms with van der Waals surface area (Å²) < 4.78 is 11.4. The van der Waals surface area contributed by atoms with E-state index in [0.29, 0.717) is 86.3 Å². The number of ether oxygens (including phenoxy) is 2. The number of aliphatic carboxylic acids is 1. The normalized spacial score (nSPS) is 14.2. The minimum atomic E-state index is -0.953. The molecule has 5 aromatic carbocycles. The number of anilines is 1. The van der Waals surface area contributed by atoms with Gasteiger partial charge in [-0.1, -0.05) is 11.6 Å². The second kappa shape index (κ2) is 14.4. The van der Waals surface area contributed by atoms with Crippen molar-refractivity contribution in [3.05, 3.63) is 66.0 Å². The van der Waals surface area contributed by atoms with Gasteiger partial charge < -0.3 is 40.3 Å². The lowest BCUT2D eigenvalue weighted by Crippen LogP contribution is -2.18. The second-order valence-corrected chi connectivity index (χ2v) is 13.1. The molecule has 1 atom stereocenters. The number of allylic oxidation sites excluding steroid dienone is 1. The molecule has 0 heterocycles. The molecule has 6 N–H and O–H groups in total. The summed E-state index contributed by atoms with van der Waals surface area (Å²) in [4.78, 5) is 53.7. The number of carboxylic acids is 1. The number of rotatable bonds is 16. The average molecular weight is 700 g/mol.